The Morgan fingerprint density at radius 3 is 2.83 bits per heavy atom. The Labute approximate surface area is 142 Å². The summed E-state index contributed by atoms with van der Waals surface area (Å²) in [5.74, 6) is 1.34. The first-order valence-electron chi connectivity index (χ1n) is 8.94. The third-order valence-corrected chi connectivity index (χ3v) is 5.17. The SMILES string of the molecule is Fc1cncc(CN2CCc3nc(C4CCCCC4)ncc3C2)c1. The number of hydrogen-bond acceptors (Lipinski definition) is 4. The quantitative estimate of drug-likeness (QED) is 0.864. The summed E-state index contributed by atoms with van der Waals surface area (Å²) in [7, 11) is 0. The summed E-state index contributed by atoms with van der Waals surface area (Å²) in [4.78, 5) is 15.8. The topological polar surface area (TPSA) is 41.9 Å². The third-order valence-electron chi connectivity index (χ3n) is 5.17. The van der Waals surface area contributed by atoms with E-state index in [-0.39, 0.29) is 5.82 Å². The molecule has 0 aromatic carbocycles. The van der Waals surface area contributed by atoms with Gasteiger partial charge in [-0.05, 0) is 24.5 Å². The van der Waals surface area contributed by atoms with Gasteiger partial charge in [-0.3, -0.25) is 9.88 Å². The zero-order valence-electron chi connectivity index (χ0n) is 13.9. The monoisotopic (exact) mass is 326 g/mol. The van der Waals surface area contributed by atoms with E-state index in [1.807, 2.05) is 6.20 Å². The normalized spacial score (nSPS) is 19.2. The summed E-state index contributed by atoms with van der Waals surface area (Å²) < 4.78 is 13.3. The molecule has 4 nitrogen and oxygen atoms in total. The zero-order chi connectivity index (χ0) is 16.4. The van der Waals surface area contributed by atoms with Crippen molar-refractivity contribution in [3.63, 3.8) is 0 Å². The maximum atomic E-state index is 13.3. The molecule has 3 heterocycles. The lowest BCUT2D eigenvalue weighted by Crippen LogP contribution is -2.31. The minimum atomic E-state index is -0.273. The molecule has 1 fully saturated rings. The van der Waals surface area contributed by atoms with E-state index in [1.54, 1.807) is 12.3 Å². The molecule has 5 heteroatoms. The van der Waals surface area contributed by atoms with Crippen molar-refractivity contribution in [3.05, 3.63) is 53.1 Å². The molecule has 4 rings (SSSR count). The van der Waals surface area contributed by atoms with Crippen LogP contribution in [-0.2, 0) is 19.5 Å². The van der Waals surface area contributed by atoms with E-state index in [0.717, 1.165) is 30.9 Å². The van der Waals surface area contributed by atoms with E-state index >= 15 is 0 Å². The molecule has 0 bridgehead atoms. The largest absolute Gasteiger partial charge is 0.294 e. The Hall–Kier alpha value is -1.88. The van der Waals surface area contributed by atoms with Crippen LogP contribution in [-0.4, -0.2) is 26.4 Å². The Morgan fingerprint density at radius 2 is 2.00 bits per heavy atom. The van der Waals surface area contributed by atoms with E-state index in [9.17, 15) is 4.39 Å². The van der Waals surface area contributed by atoms with E-state index in [1.165, 1.54) is 49.6 Å². The molecule has 1 aliphatic heterocycles. The van der Waals surface area contributed by atoms with Crippen LogP contribution < -0.4 is 0 Å². The molecule has 0 amide bonds. The smallest absolute Gasteiger partial charge is 0.141 e. The predicted octanol–water partition coefficient (Wildman–Crippen LogP) is 3.62. The van der Waals surface area contributed by atoms with Gasteiger partial charge in [-0.2, -0.15) is 0 Å². The highest BCUT2D eigenvalue weighted by molar-refractivity contribution is 5.22. The molecule has 126 valence electrons. The molecule has 0 atom stereocenters. The van der Waals surface area contributed by atoms with Crippen LogP contribution >= 0.6 is 0 Å². The number of nitrogens with zero attached hydrogens (tertiary/aromatic N) is 4. The molecule has 2 aromatic rings. The van der Waals surface area contributed by atoms with Crippen LogP contribution in [0, 0.1) is 5.82 Å². The van der Waals surface area contributed by atoms with Crippen molar-refractivity contribution in [1.29, 1.82) is 0 Å². The van der Waals surface area contributed by atoms with Gasteiger partial charge in [0.2, 0.25) is 0 Å². The van der Waals surface area contributed by atoms with Crippen LogP contribution in [0.2, 0.25) is 0 Å². The van der Waals surface area contributed by atoms with Crippen LogP contribution in [0.3, 0.4) is 0 Å². The van der Waals surface area contributed by atoms with Crippen LogP contribution in [0.1, 0.15) is 60.7 Å². The van der Waals surface area contributed by atoms with Gasteiger partial charge < -0.3 is 0 Å². The van der Waals surface area contributed by atoms with E-state index in [0.29, 0.717) is 12.5 Å². The lowest BCUT2D eigenvalue weighted by molar-refractivity contribution is 0.241. The first-order chi connectivity index (χ1) is 11.8. The molecule has 0 N–H and O–H groups in total. The summed E-state index contributed by atoms with van der Waals surface area (Å²) >= 11 is 0. The van der Waals surface area contributed by atoms with E-state index < -0.39 is 0 Å². The molecule has 1 saturated carbocycles. The Bertz CT molecular complexity index is 712. The molecular formula is C19H23FN4. The lowest BCUT2D eigenvalue weighted by Gasteiger charge is -2.29. The van der Waals surface area contributed by atoms with Crippen molar-refractivity contribution >= 4 is 0 Å². The van der Waals surface area contributed by atoms with Crippen molar-refractivity contribution in [2.24, 2.45) is 0 Å². The summed E-state index contributed by atoms with van der Waals surface area (Å²) in [6, 6.07) is 1.56. The minimum absolute atomic E-state index is 0.273. The van der Waals surface area contributed by atoms with E-state index in [4.69, 9.17) is 4.98 Å². The molecule has 0 spiro atoms. The average Bonchev–Trinajstić information content (AvgIpc) is 2.62. The van der Waals surface area contributed by atoms with Crippen molar-refractivity contribution in [3.8, 4) is 0 Å². The third kappa shape index (κ3) is 3.46. The van der Waals surface area contributed by atoms with Gasteiger partial charge in [-0.25, -0.2) is 14.4 Å². The molecule has 0 radical (unpaired) electrons. The summed E-state index contributed by atoms with van der Waals surface area (Å²) in [5.41, 5.74) is 3.34. The highest BCUT2D eigenvalue weighted by Crippen LogP contribution is 2.31. The summed E-state index contributed by atoms with van der Waals surface area (Å²) in [5, 5.41) is 0. The van der Waals surface area contributed by atoms with Gasteiger partial charge in [0.15, 0.2) is 0 Å². The van der Waals surface area contributed by atoms with Gasteiger partial charge in [0, 0.05) is 55.6 Å². The number of halogens is 1. The van der Waals surface area contributed by atoms with Crippen LogP contribution in [0.5, 0.6) is 0 Å². The van der Waals surface area contributed by atoms with Crippen molar-refractivity contribution in [2.75, 3.05) is 6.54 Å². The van der Waals surface area contributed by atoms with Gasteiger partial charge in [0.25, 0.3) is 0 Å². The predicted molar refractivity (Wildman–Crippen MR) is 89.9 cm³/mol. The molecule has 24 heavy (non-hydrogen) atoms. The van der Waals surface area contributed by atoms with Crippen molar-refractivity contribution < 1.29 is 4.39 Å². The maximum Gasteiger partial charge on any atom is 0.141 e. The van der Waals surface area contributed by atoms with Crippen LogP contribution in [0.15, 0.2) is 24.7 Å². The van der Waals surface area contributed by atoms with Gasteiger partial charge in [0.05, 0.1) is 6.20 Å². The minimum Gasteiger partial charge on any atom is -0.294 e. The second-order valence-electron chi connectivity index (χ2n) is 7.01. The van der Waals surface area contributed by atoms with Crippen LogP contribution in [0.4, 0.5) is 4.39 Å². The number of hydrogen-bond donors (Lipinski definition) is 0. The molecule has 0 unspecified atom stereocenters. The molecule has 2 aromatic heterocycles. The fraction of sp³-hybridized carbons (Fsp3) is 0.526. The fourth-order valence-corrected chi connectivity index (χ4v) is 3.88. The summed E-state index contributed by atoms with van der Waals surface area (Å²) in [6.45, 7) is 2.50. The average molecular weight is 326 g/mol. The Balaban J connectivity index is 1.45. The fourth-order valence-electron chi connectivity index (χ4n) is 3.88. The molecule has 2 aliphatic rings. The second kappa shape index (κ2) is 6.93. The zero-order valence-corrected chi connectivity index (χ0v) is 13.9. The van der Waals surface area contributed by atoms with Gasteiger partial charge in [-0.1, -0.05) is 19.3 Å². The highest BCUT2D eigenvalue weighted by Gasteiger charge is 2.22. The van der Waals surface area contributed by atoms with Crippen molar-refractivity contribution in [1.82, 2.24) is 19.9 Å². The molecular weight excluding hydrogens is 303 g/mol. The molecule has 1 aliphatic carbocycles. The van der Waals surface area contributed by atoms with E-state index in [2.05, 4.69) is 14.9 Å². The summed E-state index contributed by atoms with van der Waals surface area (Å²) in [6.07, 6.45) is 12.4. The maximum absolute atomic E-state index is 13.3. The molecule has 0 saturated heterocycles. The number of aromatic nitrogens is 3. The highest BCUT2D eigenvalue weighted by atomic mass is 19.1. The first kappa shape index (κ1) is 15.6. The Kier molecular flexibility index (Phi) is 4.52. The van der Waals surface area contributed by atoms with Crippen LogP contribution in [0.25, 0.3) is 0 Å². The lowest BCUT2D eigenvalue weighted by atomic mass is 9.88. The van der Waals surface area contributed by atoms with Gasteiger partial charge >= 0.3 is 0 Å². The first-order valence-corrected chi connectivity index (χ1v) is 8.94. The van der Waals surface area contributed by atoms with Crippen molar-refractivity contribution in [2.45, 2.75) is 57.5 Å². The standard InChI is InChI=1S/C19H23FN4/c20-17-8-14(9-21-11-17)12-24-7-6-18-16(13-24)10-22-19(23-18)15-4-2-1-3-5-15/h8-11,15H,1-7,12-13H2. The van der Waals surface area contributed by atoms with Gasteiger partial charge in [0.1, 0.15) is 11.6 Å². The number of fused-ring (bicyclic) bond motifs is 1. The Morgan fingerprint density at radius 1 is 1.12 bits per heavy atom. The van der Waals surface area contributed by atoms with Gasteiger partial charge in [-0.15, -0.1) is 0 Å². The number of rotatable bonds is 3. The second-order valence-corrected chi connectivity index (χ2v) is 7.01. The number of pyridine rings is 1.